The maximum Gasteiger partial charge on any atom is 0.251 e. The van der Waals surface area contributed by atoms with Crippen LogP contribution in [0.4, 0.5) is 0 Å². The molecule has 1 aromatic rings. The monoisotopic (exact) mass is 272 g/mol. The number of carbonyl (C=O) groups is 1. The molecule has 3 heteroatoms. The Morgan fingerprint density at radius 1 is 1.40 bits per heavy atom. The molecule has 0 heterocycles. The zero-order valence-corrected chi connectivity index (χ0v) is 12.6. The summed E-state index contributed by atoms with van der Waals surface area (Å²) in [5.74, 6) is 6.40. The van der Waals surface area contributed by atoms with E-state index in [1.807, 2.05) is 25.1 Å². The minimum Gasteiger partial charge on any atom is -0.352 e. The van der Waals surface area contributed by atoms with Crippen LogP contribution in [-0.2, 0) is 0 Å². The van der Waals surface area contributed by atoms with E-state index in [-0.39, 0.29) is 5.91 Å². The summed E-state index contributed by atoms with van der Waals surface area (Å²) in [6, 6.07) is 5.66. The highest BCUT2D eigenvalue weighted by Crippen LogP contribution is 2.11. The largest absolute Gasteiger partial charge is 0.352 e. The molecule has 0 aliphatic carbocycles. The molecule has 1 aromatic carbocycles. The van der Waals surface area contributed by atoms with E-state index < -0.39 is 0 Å². The van der Waals surface area contributed by atoms with Gasteiger partial charge in [-0.2, -0.15) is 0 Å². The first kappa shape index (κ1) is 16.3. The molecule has 0 unspecified atom stereocenters. The van der Waals surface area contributed by atoms with Gasteiger partial charge in [-0.15, -0.1) is 0 Å². The lowest BCUT2D eigenvalue weighted by Crippen LogP contribution is -2.25. The van der Waals surface area contributed by atoms with Gasteiger partial charge in [0.15, 0.2) is 0 Å². The second-order valence-corrected chi connectivity index (χ2v) is 5.33. The topological polar surface area (TPSA) is 55.1 Å². The molecule has 0 atom stereocenters. The molecule has 20 heavy (non-hydrogen) atoms. The Hall–Kier alpha value is -1.79. The fourth-order valence-electron chi connectivity index (χ4n) is 1.90. The molecule has 0 aliphatic rings. The van der Waals surface area contributed by atoms with Crippen molar-refractivity contribution in [3.63, 3.8) is 0 Å². The van der Waals surface area contributed by atoms with E-state index in [0.29, 0.717) is 18.0 Å². The van der Waals surface area contributed by atoms with Gasteiger partial charge in [-0.05, 0) is 43.4 Å². The van der Waals surface area contributed by atoms with Gasteiger partial charge in [0, 0.05) is 17.7 Å². The molecule has 0 saturated carbocycles. The first-order valence-corrected chi connectivity index (χ1v) is 7.12. The van der Waals surface area contributed by atoms with E-state index in [1.54, 1.807) is 0 Å². The van der Waals surface area contributed by atoms with Crippen LogP contribution in [0.2, 0.25) is 0 Å². The van der Waals surface area contributed by atoms with Gasteiger partial charge >= 0.3 is 0 Å². The lowest BCUT2D eigenvalue weighted by molar-refractivity contribution is 0.0952. The van der Waals surface area contributed by atoms with Crippen molar-refractivity contribution < 1.29 is 4.79 Å². The Bertz CT molecular complexity index is 509. The highest BCUT2D eigenvalue weighted by atomic mass is 16.1. The summed E-state index contributed by atoms with van der Waals surface area (Å²) in [4.78, 5) is 12.2. The van der Waals surface area contributed by atoms with Crippen molar-refractivity contribution in [2.75, 3.05) is 13.1 Å². The van der Waals surface area contributed by atoms with Crippen LogP contribution in [0.1, 0.15) is 48.2 Å². The zero-order chi connectivity index (χ0) is 15.0. The molecule has 0 spiro atoms. The number of hydrogen-bond acceptors (Lipinski definition) is 2. The number of amides is 1. The van der Waals surface area contributed by atoms with Crippen LogP contribution in [-0.4, -0.2) is 19.0 Å². The van der Waals surface area contributed by atoms with Gasteiger partial charge in [-0.1, -0.05) is 31.8 Å². The molecule has 0 bridgehead atoms. The van der Waals surface area contributed by atoms with Gasteiger partial charge in [-0.25, -0.2) is 0 Å². The number of rotatable bonds is 5. The molecule has 108 valence electrons. The van der Waals surface area contributed by atoms with E-state index >= 15 is 0 Å². The Balaban J connectivity index is 2.67. The Kier molecular flexibility index (Phi) is 6.83. The van der Waals surface area contributed by atoms with Crippen LogP contribution in [0.3, 0.4) is 0 Å². The third-order valence-electron chi connectivity index (χ3n) is 3.06. The quantitative estimate of drug-likeness (QED) is 0.639. The molecular formula is C17H24N2O. The van der Waals surface area contributed by atoms with Gasteiger partial charge in [0.25, 0.3) is 5.91 Å². The second-order valence-electron chi connectivity index (χ2n) is 5.33. The van der Waals surface area contributed by atoms with E-state index in [0.717, 1.165) is 30.5 Å². The minimum atomic E-state index is -0.0253. The average molecular weight is 272 g/mol. The van der Waals surface area contributed by atoms with Crippen molar-refractivity contribution in [3.8, 4) is 11.8 Å². The zero-order valence-electron chi connectivity index (χ0n) is 12.6. The lowest BCUT2D eigenvalue weighted by atomic mass is 10.0. The van der Waals surface area contributed by atoms with Crippen LogP contribution in [0, 0.1) is 24.7 Å². The van der Waals surface area contributed by atoms with Gasteiger partial charge in [0.2, 0.25) is 0 Å². The van der Waals surface area contributed by atoms with Gasteiger partial charge in [0.05, 0.1) is 6.54 Å². The summed E-state index contributed by atoms with van der Waals surface area (Å²) in [6.07, 6.45) is 2.14. The molecule has 0 aromatic heterocycles. The molecule has 0 saturated heterocycles. The Morgan fingerprint density at radius 3 is 2.80 bits per heavy atom. The molecule has 3 N–H and O–H groups in total. The van der Waals surface area contributed by atoms with Gasteiger partial charge in [-0.3, -0.25) is 4.79 Å². The van der Waals surface area contributed by atoms with Crippen molar-refractivity contribution in [1.29, 1.82) is 0 Å². The van der Waals surface area contributed by atoms with Crippen molar-refractivity contribution in [2.24, 2.45) is 11.7 Å². The van der Waals surface area contributed by atoms with Crippen LogP contribution in [0.25, 0.3) is 0 Å². The summed E-state index contributed by atoms with van der Waals surface area (Å²) in [6.45, 7) is 7.35. The highest BCUT2D eigenvalue weighted by molar-refractivity contribution is 5.96. The number of nitrogens with two attached hydrogens (primary N) is 1. The Morgan fingerprint density at radius 2 is 2.15 bits per heavy atom. The van der Waals surface area contributed by atoms with Crippen molar-refractivity contribution >= 4 is 5.91 Å². The van der Waals surface area contributed by atoms with Crippen LogP contribution >= 0.6 is 0 Å². The lowest BCUT2D eigenvalue weighted by Gasteiger charge is -2.09. The fourth-order valence-corrected chi connectivity index (χ4v) is 1.90. The summed E-state index contributed by atoms with van der Waals surface area (Å²) in [5, 5.41) is 2.97. The van der Waals surface area contributed by atoms with Gasteiger partial charge < -0.3 is 11.1 Å². The summed E-state index contributed by atoms with van der Waals surface area (Å²) < 4.78 is 0. The molecule has 0 fully saturated rings. The molecule has 3 nitrogen and oxygen atoms in total. The van der Waals surface area contributed by atoms with E-state index in [9.17, 15) is 4.79 Å². The number of aryl methyl sites for hydroxylation is 1. The molecular weight excluding hydrogens is 248 g/mol. The summed E-state index contributed by atoms with van der Waals surface area (Å²) in [7, 11) is 0. The third kappa shape index (κ3) is 5.46. The smallest absolute Gasteiger partial charge is 0.251 e. The number of benzene rings is 1. The minimum absolute atomic E-state index is 0.0253. The predicted molar refractivity (Wildman–Crippen MR) is 83.5 cm³/mol. The van der Waals surface area contributed by atoms with Crippen molar-refractivity contribution in [3.05, 3.63) is 34.9 Å². The molecule has 0 radical (unpaired) electrons. The average Bonchev–Trinajstić information content (AvgIpc) is 2.42. The van der Waals surface area contributed by atoms with E-state index in [1.165, 1.54) is 0 Å². The third-order valence-corrected chi connectivity index (χ3v) is 3.06. The maximum atomic E-state index is 12.2. The molecule has 1 amide bonds. The highest BCUT2D eigenvalue weighted by Gasteiger charge is 2.08. The predicted octanol–water partition coefficient (Wildman–Crippen LogP) is 2.47. The van der Waals surface area contributed by atoms with Crippen molar-refractivity contribution in [2.45, 2.75) is 33.6 Å². The maximum absolute atomic E-state index is 12.2. The SMILES string of the molecule is Cc1ccc(C#CCN)cc1C(=O)NCCCC(C)C. The molecule has 0 aliphatic heterocycles. The first-order chi connectivity index (χ1) is 9.54. The van der Waals surface area contributed by atoms with E-state index in [2.05, 4.69) is 31.0 Å². The van der Waals surface area contributed by atoms with Crippen LogP contribution < -0.4 is 11.1 Å². The normalized spacial score (nSPS) is 10.1. The van der Waals surface area contributed by atoms with Crippen LogP contribution in [0.15, 0.2) is 18.2 Å². The standard InChI is InChI=1S/C17H24N2O/c1-13(2)6-5-11-19-17(20)16-12-15(7-4-10-18)9-8-14(16)3/h8-9,12-13H,5-6,10-11,18H2,1-3H3,(H,19,20). The number of carbonyl (C=O) groups excluding carboxylic acids is 1. The first-order valence-electron chi connectivity index (χ1n) is 7.12. The summed E-state index contributed by atoms with van der Waals surface area (Å²) >= 11 is 0. The molecule has 1 rings (SSSR count). The second kappa shape index (κ2) is 8.39. The van der Waals surface area contributed by atoms with Crippen LogP contribution in [0.5, 0.6) is 0 Å². The van der Waals surface area contributed by atoms with Gasteiger partial charge in [0.1, 0.15) is 0 Å². The van der Waals surface area contributed by atoms with Crippen molar-refractivity contribution in [1.82, 2.24) is 5.32 Å². The Labute approximate surface area is 121 Å². The summed E-state index contributed by atoms with van der Waals surface area (Å²) in [5.41, 5.74) is 7.84. The number of hydrogen-bond donors (Lipinski definition) is 2. The fraction of sp³-hybridized carbons (Fsp3) is 0.471. The number of nitrogens with one attached hydrogen (secondary N) is 1. The van der Waals surface area contributed by atoms with E-state index in [4.69, 9.17) is 5.73 Å².